The second kappa shape index (κ2) is 6.51. The summed E-state index contributed by atoms with van der Waals surface area (Å²) in [6, 6.07) is 9.80. The minimum absolute atomic E-state index is 0.0102. The minimum atomic E-state index is -0.539. The van der Waals surface area contributed by atoms with Gasteiger partial charge in [0.15, 0.2) is 0 Å². The fourth-order valence-electron chi connectivity index (χ4n) is 3.94. The molecule has 1 unspecified atom stereocenters. The number of carbonyl (C=O) groups excluding carboxylic acids is 1. The van der Waals surface area contributed by atoms with Gasteiger partial charge in [-0.15, -0.1) is 0 Å². The van der Waals surface area contributed by atoms with Crippen LogP contribution in [-0.2, 0) is 17.6 Å². The lowest BCUT2D eigenvalue weighted by Gasteiger charge is -2.17. The van der Waals surface area contributed by atoms with E-state index in [-0.39, 0.29) is 23.8 Å². The number of pyridine rings is 1. The van der Waals surface area contributed by atoms with Crippen LogP contribution in [0.5, 0.6) is 0 Å². The lowest BCUT2D eigenvalue weighted by atomic mass is 9.98. The highest BCUT2D eigenvalue weighted by atomic mass is 16.5. The molecule has 1 heterocycles. The average molecular weight is 337 g/mol. The normalized spacial score (nSPS) is 18.8. The van der Waals surface area contributed by atoms with Crippen LogP contribution in [0.4, 0.5) is 0 Å². The second-order valence-corrected chi connectivity index (χ2v) is 7.04. The van der Waals surface area contributed by atoms with Crippen LogP contribution in [0.1, 0.15) is 59.3 Å². The van der Waals surface area contributed by atoms with Crippen LogP contribution in [-0.4, -0.2) is 17.1 Å². The first-order valence-corrected chi connectivity index (χ1v) is 9.18. The Labute approximate surface area is 147 Å². The van der Waals surface area contributed by atoms with Gasteiger partial charge in [-0.3, -0.25) is 4.79 Å². The van der Waals surface area contributed by atoms with Crippen LogP contribution in [0, 0.1) is 5.92 Å². The van der Waals surface area contributed by atoms with Gasteiger partial charge in [-0.05, 0) is 73.8 Å². The van der Waals surface area contributed by atoms with Crippen molar-refractivity contribution in [2.24, 2.45) is 5.92 Å². The number of nitrogens with zero attached hydrogens (tertiary/aromatic N) is 1. The summed E-state index contributed by atoms with van der Waals surface area (Å²) in [5, 5.41) is 0. The summed E-state index contributed by atoms with van der Waals surface area (Å²) < 4.78 is 6.72. The van der Waals surface area contributed by atoms with E-state index in [0.29, 0.717) is 0 Å². The molecule has 1 atom stereocenters. The SMILES string of the molecule is CCOC(=O)c1cccn(C2CCc3c(CC4CC4)cccc32)c1=O. The molecule has 1 fully saturated rings. The molecule has 1 aromatic carbocycles. The fraction of sp³-hybridized carbons (Fsp3) is 0.429. The lowest BCUT2D eigenvalue weighted by molar-refractivity contribution is 0.0523. The number of esters is 1. The maximum absolute atomic E-state index is 12.8. The van der Waals surface area contributed by atoms with E-state index in [1.54, 1.807) is 29.8 Å². The van der Waals surface area contributed by atoms with E-state index in [0.717, 1.165) is 25.2 Å². The van der Waals surface area contributed by atoms with Crippen LogP contribution in [0.25, 0.3) is 0 Å². The summed E-state index contributed by atoms with van der Waals surface area (Å²) in [5.74, 6) is 0.308. The van der Waals surface area contributed by atoms with Crippen molar-refractivity contribution in [1.29, 1.82) is 0 Å². The molecule has 0 spiro atoms. The van der Waals surface area contributed by atoms with E-state index in [1.807, 2.05) is 0 Å². The lowest BCUT2D eigenvalue weighted by Crippen LogP contribution is -2.29. The topological polar surface area (TPSA) is 48.3 Å². The molecule has 0 amide bonds. The monoisotopic (exact) mass is 337 g/mol. The predicted octanol–water partition coefficient (Wildman–Crippen LogP) is 3.51. The summed E-state index contributed by atoms with van der Waals surface area (Å²) in [6.45, 7) is 2.01. The zero-order valence-electron chi connectivity index (χ0n) is 14.5. The quantitative estimate of drug-likeness (QED) is 0.785. The maximum Gasteiger partial charge on any atom is 0.343 e. The predicted molar refractivity (Wildman–Crippen MR) is 96.0 cm³/mol. The van der Waals surface area contributed by atoms with Crippen molar-refractivity contribution in [3.8, 4) is 0 Å². The van der Waals surface area contributed by atoms with Crippen LogP contribution >= 0.6 is 0 Å². The molecule has 0 N–H and O–H groups in total. The Morgan fingerprint density at radius 3 is 2.80 bits per heavy atom. The Kier molecular flexibility index (Phi) is 4.20. The zero-order chi connectivity index (χ0) is 17.4. The summed E-state index contributed by atoms with van der Waals surface area (Å²) >= 11 is 0. The highest BCUT2D eigenvalue weighted by molar-refractivity contribution is 5.88. The highest BCUT2D eigenvalue weighted by Crippen LogP contribution is 2.39. The third-order valence-electron chi connectivity index (χ3n) is 5.35. The van der Waals surface area contributed by atoms with Crippen LogP contribution < -0.4 is 5.56 Å². The van der Waals surface area contributed by atoms with Crippen molar-refractivity contribution in [3.63, 3.8) is 0 Å². The van der Waals surface area contributed by atoms with Crippen molar-refractivity contribution < 1.29 is 9.53 Å². The molecule has 1 aromatic heterocycles. The number of hydrogen-bond acceptors (Lipinski definition) is 3. The fourth-order valence-corrected chi connectivity index (χ4v) is 3.94. The van der Waals surface area contributed by atoms with Gasteiger partial charge in [0.2, 0.25) is 0 Å². The molecule has 2 aliphatic carbocycles. The number of carbonyl (C=O) groups is 1. The molecule has 2 aromatic rings. The zero-order valence-corrected chi connectivity index (χ0v) is 14.5. The van der Waals surface area contributed by atoms with Gasteiger partial charge in [-0.25, -0.2) is 4.79 Å². The van der Waals surface area contributed by atoms with E-state index in [4.69, 9.17) is 4.74 Å². The molecule has 25 heavy (non-hydrogen) atoms. The third kappa shape index (κ3) is 3.01. The van der Waals surface area contributed by atoms with Crippen molar-refractivity contribution in [1.82, 2.24) is 4.57 Å². The molecular weight excluding hydrogens is 314 g/mol. The molecular formula is C21H23NO3. The molecule has 0 radical (unpaired) electrons. The standard InChI is InChI=1S/C21H23NO3/c1-2-25-21(24)18-7-4-12-22(20(18)23)19-11-10-16-15(13-14-8-9-14)5-3-6-17(16)19/h3-7,12,14,19H,2,8-11,13H2,1H3. The first-order chi connectivity index (χ1) is 12.2. The van der Waals surface area contributed by atoms with E-state index >= 15 is 0 Å². The van der Waals surface area contributed by atoms with Crippen molar-refractivity contribution in [3.05, 3.63) is 69.1 Å². The molecule has 0 saturated heterocycles. The Hall–Kier alpha value is -2.36. The van der Waals surface area contributed by atoms with Gasteiger partial charge in [0.25, 0.3) is 5.56 Å². The molecule has 4 nitrogen and oxygen atoms in total. The number of fused-ring (bicyclic) bond motifs is 1. The summed E-state index contributed by atoms with van der Waals surface area (Å²) in [5.41, 5.74) is 3.95. The molecule has 1 saturated carbocycles. The Morgan fingerprint density at radius 1 is 1.20 bits per heavy atom. The Balaban J connectivity index is 1.70. The summed E-state index contributed by atoms with van der Waals surface area (Å²) in [7, 11) is 0. The van der Waals surface area contributed by atoms with Gasteiger partial charge in [0.05, 0.1) is 12.6 Å². The molecule has 130 valence electrons. The average Bonchev–Trinajstić information content (AvgIpc) is 3.32. The van der Waals surface area contributed by atoms with Gasteiger partial charge in [0.1, 0.15) is 5.56 Å². The van der Waals surface area contributed by atoms with Gasteiger partial charge in [-0.1, -0.05) is 18.2 Å². The van der Waals surface area contributed by atoms with Crippen LogP contribution in [0.15, 0.2) is 41.3 Å². The first-order valence-electron chi connectivity index (χ1n) is 9.18. The van der Waals surface area contributed by atoms with Crippen molar-refractivity contribution in [2.75, 3.05) is 6.61 Å². The highest BCUT2D eigenvalue weighted by Gasteiger charge is 2.30. The number of aromatic nitrogens is 1. The number of rotatable bonds is 5. The smallest absolute Gasteiger partial charge is 0.343 e. The number of benzene rings is 1. The Bertz CT molecular complexity index is 864. The van der Waals surface area contributed by atoms with Crippen molar-refractivity contribution in [2.45, 2.75) is 45.1 Å². The van der Waals surface area contributed by atoms with Gasteiger partial charge in [0, 0.05) is 6.20 Å². The maximum atomic E-state index is 12.8. The van der Waals surface area contributed by atoms with Crippen LogP contribution in [0.3, 0.4) is 0 Å². The van der Waals surface area contributed by atoms with Crippen LogP contribution in [0.2, 0.25) is 0 Å². The summed E-state index contributed by atoms with van der Waals surface area (Å²) in [4.78, 5) is 24.8. The van der Waals surface area contributed by atoms with Gasteiger partial charge >= 0.3 is 5.97 Å². The largest absolute Gasteiger partial charge is 0.462 e. The van der Waals surface area contributed by atoms with Crippen molar-refractivity contribution >= 4 is 5.97 Å². The van der Waals surface area contributed by atoms with E-state index in [9.17, 15) is 9.59 Å². The second-order valence-electron chi connectivity index (χ2n) is 7.04. The molecule has 4 heteroatoms. The Morgan fingerprint density at radius 2 is 2.04 bits per heavy atom. The summed E-state index contributed by atoms with van der Waals surface area (Å²) in [6.07, 6.45) is 7.54. The minimum Gasteiger partial charge on any atom is -0.462 e. The molecule has 4 rings (SSSR count). The molecule has 0 bridgehead atoms. The van der Waals surface area contributed by atoms with E-state index < -0.39 is 5.97 Å². The molecule has 0 aliphatic heterocycles. The number of ether oxygens (including phenoxy) is 1. The van der Waals surface area contributed by atoms with Gasteiger partial charge in [-0.2, -0.15) is 0 Å². The van der Waals surface area contributed by atoms with E-state index in [1.165, 1.54) is 29.5 Å². The first kappa shape index (κ1) is 16.1. The van der Waals surface area contributed by atoms with Gasteiger partial charge < -0.3 is 9.30 Å². The van der Waals surface area contributed by atoms with E-state index in [2.05, 4.69) is 18.2 Å². The number of hydrogen-bond donors (Lipinski definition) is 0. The third-order valence-corrected chi connectivity index (χ3v) is 5.35. The molecule has 2 aliphatic rings.